The Balaban J connectivity index is 1.67. The Morgan fingerprint density at radius 3 is 1.59 bits per heavy atom. The highest BCUT2D eigenvalue weighted by molar-refractivity contribution is 6.24. The molecule has 0 nitrogen and oxygen atoms in total. The molecule has 0 unspecified atom stereocenters. The minimum absolute atomic E-state index is 0.618. The van der Waals surface area contributed by atoms with Crippen molar-refractivity contribution in [2.24, 2.45) is 0 Å². The molecule has 0 saturated heterocycles. The molecular formula is C46H30. The van der Waals surface area contributed by atoms with Gasteiger partial charge in [-0.05, 0) is 99.7 Å². The van der Waals surface area contributed by atoms with Crippen LogP contribution in [-0.4, -0.2) is 0 Å². The second-order valence-corrected chi connectivity index (χ2v) is 9.75. The lowest BCUT2D eigenvalue weighted by molar-refractivity contribution is 1.61. The van der Waals surface area contributed by atoms with Crippen LogP contribution in [0.2, 0.25) is 0 Å². The van der Waals surface area contributed by atoms with E-state index in [4.69, 9.17) is 23.3 Å². The first-order chi connectivity index (χ1) is 35.3. The molecule has 0 heterocycles. The molecule has 9 aromatic rings. The molecule has 46 heavy (non-hydrogen) atoms. The molecule has 0 radical (unpaired) electrons. The Morgan fingerprint density at radius 1 is 0.261 bits per heavy atom. The highest BCUT2D eigenvalue weighted by atomic mass is 14.2. The summed E-state index contributed by atoms with van der Waals surface area (Å²) in [6, 6.07) is -30.1. The lowest BCUT2D eigenvalue weighted by Gasteiger charge is -2.20. The number of rotatable bonds is 4. The predicted molar refractivity (Wildman–Crippen MR) is 198 cm³/mol. The standard InChI is InChI=1S/C46H30/c1-2-11-31(12-3-1)33-21-24-35(25-22-33)45-41-18-8-9-19-42(41)46(40-20-10-16-34-14-6-7-17-39(34)40)44-30-38(27-28-43(44)45)37-26-23-32-13-4-5-15-36(32)29-37/h1-30H/i1D,2D,3D,4D,5D,6D,7D,8D,9D,10D,11D,12D,13D,14D,15D,16D,17D,18D,19D,20D,21D,22D,23D,24D,25D,26D,27D,28D,29D,30D. The van der Waals surface area contributed by atoms with Crippen molar-refractivity contribution in [2.75, 3.05) is 0 Å². The number of benzene rings is 9. The highest BCUT2D eigenvalue weighted by Gasteiger charge is 2.19. The first kappa shape index (κ1) is 10.0. The third-order valence-corrected chi connectivity index (χ3v) is 7.19. The molecule has 0 aromatic heterocycles. The average Bonchev–Trinajstić information content (AvgIpc) is 3.38. The monoisotopic (exact) mass is 612 g/mol. The second-order valence-electron chi connectivity index (χ2n) is 9.75. The van der Waals surface area contributed by atoms with Crippen LogP contribution in [0.15, 0.2) is 181 Å². The van der Waals surface area contributed by atoms with Gasteiger partial charge in [0.05, 0.1) is 41.1 Å². The van der Waals surface area contributed by atoms with Gasteiger partial charge in [0.25, 0.3) is 0 Å². The minimum Gasteiger partial charge on any atom is -0.0622 e. The summed E-state index contributed by atoms with van der Waals surface area (Å²) in [7, 11) is 0. The fraction of sp³-hybridized carbons (Fsp3) is 0. The predicted octanol–water partition coefficient (Wildman–Crippen LogP) is 13.0. The van der Waals surface area contributed by atoms with Gasteiger partial charge >= 0.3 is 0 Å². The lowest BCUT2D eigenvalue weighted by atomic mass is 9.83. The van der Waals surface area contributed by atoms with Crippen molar-refractivity contribution < 1.29 is 41.1 Å². The van der Waals surface area contributed by atoms with Crippen LogP contribution in [0.5, 0.6) is 0 Å². The maximum Gasteiger partial charge on any atom is 0.0636 e. The minimum atomic E-state index is -1.17. The lowest BCUT2D eigenvalue weighted by Crippen LogP contribution is -1.92. The molecule has 0 aliphatic heterocycles. The molecule has 0 aliphatic carbocycles. The van der Waals surface area contributed by atoms with Gasteiger partial charge in [-0.1, -0.05) is 169 Å². The van der Waals surface area contributed by atoms with Crippen LogP contribution in [0.3, 0.4) is 0 Å². The summed E-state index contributed by atoms with van der Waals surface area (Å²) in [4.78, 5) is 0. The van der Waals surface area contributed by atoms with E-state index in [1.165, 1.54) is 0 Å². The third kappa shape index (κ3) is 4.38. The maximum absolute atomic E-state index is 10.2. The van der Waals surface area contributed by atoms with Crippen LogP contribution >= 0.6 is 0 Å². The van der Waals surface area contributed by atoms with Gasteiger partial charge < -0.3 is 0 Å². The molecular weight excluding hydrogens is 553 g/mol. The van der Waals surface area contributed by atoms with Gasteiger partial charge in [-0.2, -0.15) is 0 Å². The summed E-state index contributed by atoms with van der Waals surface area (Å²) in [6.45, 7) is 0. The zero-order valence-corrected chi connectivity index (χ0v) is 23.0. The second kappa shape index (κ2) is 10.9. The first-order valence-corrected chi connectivity index (χ1v) is 13.5. The van der Waals surface area contributed by atoms with Crippen molar-refractivity contribution in [3.63, 3.8) is 0 Å². The van der Waals surface area contributed by atoms with Crippen molar-refractivity contribution in [2.45, 2.75) is 0 Å². The molecule has 9 rings (SSSR count). The van der Waals surface area contributed by atoms with Crippen molar-refractivity contribution in [1.82, 2.24) is 0 Å². The van der Waals surface area contributed by atoms with Crippen molar-refractivity contribution in [3.05, 3.63) is 181 Å². The van der Waals surface area contributed by atoms with Crippen LogP contribution in [0.4, 0.5) is 0 Å². The fourth-order valence-electron chi connectivity index (χ4n) is 5.19. The number of fused-ring (bicyclic) bond motifs is 4. The Hall–Kier alpha value is -5.98. The van der Waals surface area contributed by atoms with E-state index in [1.54, 1.807) is 0 Å². The van der Waals surface area contributed by atoms with Gasteiger partial charge in [0, 0.05) is 0 Å². The van der Waals surface area contributed by atoms with Crippen LogP contribution in [0, 0.1) is 0 Å². The molecule has 0 atom stereocenters. The van der Waals surface area contributed by atoms with E-state index in [1.807, 2.05) is 0 Å². The summed E-state index contributed by atoms with van der Waals surface area (Å²) in [6.07, 6.45) is 0. The summed E-state index contributed by atoms with van der Waals surface area (Å²) >= 11 is 0. The normalized spacial score (nSPS) is 20.6. The SMILES string of the molecule is [2H]c1c([2H])c([2H])c(-c2c([2H])c([2H])c(-c3c4c([2H])c([2H])c([2H])c([2H])c4c(-c4c([2H])c([2H])c([2H])c5c([2H])c([2H])c([2H])c([2H])c45)c4c([2H])c(-c5c([2H])c([2H])c6c([2H])c([2H])c([2H])c([2H])c6c5[2H])c([2H])c([2H])c34)c([2H])c2[2H])c([2H])c1[2H]. The van der Waals surface area contributed by atoms with E-state index in [-0.39, 0.29) is 0 Å². The van der Waals surface area contributed by atoms with E-state index >= 15 is 0 Å². The molecule has 0 bridgehead atoms. The average molecular weight is 613 g/mol. The third-order valence-electron chi connectivity index (χ3n) is 7.19. The molecule has 0 spiro atoms. The van der Waals surface area contributed by atoms with Crippen molar-refractivity contribution in [3.8, 4) is 44.5 Å². The van der Waals surface area contributed by atoms with Crippen LogP contribution in [0.1, 0.15) is 41.1 Å². The summed E-state index contributed by atoms with van der Waals surface area (Å²) in [5.41, 5.74) is -6.96. The molecule has 0 N–H and O–H groups in total. The van der Waals surface area contributed by atoms with Crippen molar-refractivity contribution >= 4 is 43.1 Å². The molecule has 214 valence electrons. The van der Waals surface area contributed by atoms with Gasteiger partial charge in [0.2, 0.25) is 0 Å². The smallest absolute Gasteiger partial charge is 0.0622 e. The quantitative estimate of drug-likeness (QED) is 0.173. The Morgan fingerprint density at radius 2 is 0.783 bits per heavy atom. The first-order valence-electron chi connectivity index (χ1n) is 28.5. The van der Waals surface area contributed by atoms with E-state index in [2.05, 4.69) is 0 Å². The van der Waals surface area contributed by atoms with E-state index in [9.17, 15) is 17.8 Å². The van der Waals surface area contributed by atoms with Gasteiger partial charge in [0.15, 0.2) is 0 Å². The number of hydrogen-bond acceptors (Lipinski definition) is 0. The Bertz CT molecular complexity index is 4210. The molecule has 0 fully saturated rings. The van der Waals surface area contributed by atoms with Gasteiger partial charge in [0.1, 0.15) is 0 Å². The summed E-state index contributed by atoms with van der Waals surface area (Å²) in [5, 5.41) is -6.21. The largest absolute Gasteiger partial charge is 0.0636 e. The van der Waals surface area contributed by atoms with Gasteiger partial charge in [-0.3, -0.25) is 0 Å². The van der Waals surface area contributed by atoms with E-state index in [0.717, 1.165) is 0 Å². The van der Waals surface area contributed by atoms with Crippen LogP contribution < -0.4 is 0 Å². The highest BCUT2D eigenvalue weighted by Crippen LogP contribution is 2.46. The summed E-state index contributed by atoms with van der Waals surface area (Å²) in [5.74, 6) is 0. The fourth-order valence-corrected chi connectivity index (χ4v) is 5.19. The molecule has 0 amide bonds. The molecule has 0 saturated carbocycles. The number of hydrogen-bond donors (Lipinski definition) is 0. The van der Waals surface area contributed by atoms with Crippen molar-refractivity contribution in [1.29, 1.82) is 0 Å². The maximum atomic E-state index is 10.2. The Kier molecular flexibility index (Phi) is 2.37. The Labute approximate surface area is 311 Å². The van der Waals surface area contributed by atoms with E-state index < -0.39 is 269 Å². The van der Waals surface area contributed by atoms with Gasteiger partial charge in [-0.15, -0.1) is 0 Å². The molecule has 9 aromatic carbocycles. The summed E-state index contributed by atoms with van der Waals surface area (Å²) < 4.78 is 270. The van der Waals surface area contributed by atoms with Crippen LogP contribution in [-0.2, 0) is 0 Å². The molecule has 0 aliphatic rings. The van der Waals surface area contributed by atoms with Gasteiger partial charge in [-0.25, -0.2) is 0 Å². The van der Waals surface area contributed by atoms with E-state index in [0.29, 0.717) is 0 Å². The zero-order chi connectivity index (χ0) is 56.6. The molecule has 0 heteroatoms. The topological polar surface area (TPSA) is 0 Å². The zero-order valence-electron chi connectivity index (χ0n) is 53.0. The van der Waals surface area contributed by atoms with Crippen LogP contribution in [0.25, 0.3) is 87.6 Å².